The zero-order chi connectivity index (χ0) is 19.8. The number of rotatable bonds is 10. The van der Waals surface area contributed by atoms with Crippen molar-refractivity contribution in [3.8, 4) is 23.1 Å². The molecular weight excluding hydrogens is 380 g/mol. The summed E-state index contributed by atoms with van der Waals surface area (Å²) in [7, 11) is 1.84. The molecule has 28 heavy (non-hydrogen) atoms. The van der Waals surface area contributed by atoms with Gasteiger partial charge in [0, 0.05) is 7.05 Å². The van der Waals surface area contributed by atoms with E-state index in [2.05, 4.69) is 15.5 Å². The Labute approximate surface area is 167 Å². The van der Waals surface area contributed by atoms with Crippen LogP contribution < -0.4 is 14.8 Å². The quantitative estimate of drug-likeness (QED) is 0.412. The van der Waals surface area contributed by atoms with Crippen molar-refractivity contribution in [2.45, 2.75) is 12.1 Å². The van der Waals surface area contributed by atoms with Crippen molar-refractivity contribution >= 4 is 17.7 Å². The van der Waals surface area contributed by atoms with Gasteiger partial charge >= 0.3 is 0 Å². The van der Waals surface area contributed by atoms with Gasteiger partial charge in [0.2, 0.25) is 5.91 Å². The van der Waals surface area contributed by atoms with E-state index < -0.39 is 0 Å². The van der Waals surface area contributed by atoms with Crippen molar-refractivity contribution in [3.05, 3.63) is 42.7 Å². The van der Waals surface area contributed by atoms with Gasteiger partial charge in [-0.3, -0.25) is 4.79 Å². The van der Waals surface area contributed by atoms with Crippen LogP contribution in [0.25, 0.3) is 11.6 Å². The second kappa shape index (κ2) is 9.84. The standard InChI is InChI=1S/C19H22N4O4S/c1-3-25-14-6-8-15(9-7-14)26-12-10-20-17(24)13-28-19-22-21-18(23(19)2)16-5-4-11-27-16/h4-9,11H,3,10,12-13H2,1-2H3,(H,20,24). The fraction of sp³-hybridized carbons (Fsp3) is 0.316. The Bertz CT molecular complexity index is 878. The molecule has 9 heteroatoms. The SMILES string of the molecule is CCOc1ccc(OCCNC(=O)CSc2nnc(-c3ccco3)n2C)cc1. The number of carbonyl (C=O) groups is 1. The van der Waals surface area contributed by atoms with Crippen LogP contribution in [0, 0.1) is 0 Å². The van der Waals surface area contributed by atoms with Gasteiger partial charge in [0.15, 0.2) is 16.7 Å². The number of benzene rings is 1. The highest BCUT2D eigenvalue weighted by atomic mass is 32.2. The maximum absolute atomic E-state index is 12.0. The Balaban J connectivity index is 1.37. The number of hydrogen-bond donors (Lipinski definition) is 1. The minimum absolute atomic E-state index is 0.0946. The topological polar surface area (TPSA) is 91.4 Å². The molecule has 0 aliphatic rings. The molecule has 0 saturated carbocycles. The molecule has 3 rings (SSSR count). The summed E-state index contributed by atoms with van der Waals surface area (Å²) in [5.41, 5.74) is 0. The summed E-state index contributed by atoms with van der Waals surface area (Å²) in [6.45, 7) is 3.37. The summed E-state index contributed by atoms with van der Waals surface area (Å²) < 4.78 is 18.1. The van der Waals surface area contributed by atoms with Gasteiger partial charge in [-0.15, -0.1) is 10.2 Å². The summed E-state index contributed by atoms with van der Waals surface area (Å²) >= 11 is 1.31. The zero-order valence-corrected chi connectivity index (χ0v) is 16.6. The first-order valence-electron chi connectivity index (χ1n) is 8.85. The molecule has 0 atom stereocenters. The smallest absolute Gasteiger partial charge is 0.230 e. The van der Waals surface area contributed by atoms with Crippen LogP contribution >= 0.6 is 11.8 Å². The van der Waals surface area contributed by atoms with Crippen LogP contribution in [0.3, 0.4) is 0 Å². The first-order valence-corrected chi connectivity index (χ1v) is 9.84. The van der Waals surface area contributed by atoms with Crippen molar-refractivity contribution in [1.29, 1.82) is 0 Å². The Morgan fingerprint density at radius 1 is 1.18 bits per heavy atom. The molecule has 0 bridgehead atoms. The van der Waals surface area contributed by atoms with Gasteiger partial charge in [-0.05, 0) is 43.3 Å². The first-order chi connectivity index (χ1) is 13.7. The highest BCUT2D eigenvalue weighted by molar-refractivity contribution is 7.99. The molecule has 1 aromatic carbocycles. The highest BCUT2D eigenvalue weighted by Gasteiger charge is 2.14. The second-order valence-corrected chi connectivity index (χ2v) is 6.68. The molecule has 0 saturated heterocycles. The molecule has 0 unspecified atom stereocenters. The van der Waals surface area contributed by atoms with E-state index in [0.717, 1.165) is 11.5 Å². The van der Waals surface area contributed by atoms with E-state index in [1.54, 1.807) is 16.9 Å². The highest BCUT2D eigenvalue weighted by Crippen LogP contribution is 2.22. The summed E-state index contributed by atoms with van der Waals surface area (Å²) in [5, 5.41) is 11.7. The number of nitrogens with one attached hydrogen (secondary N) is 1. The van der Waals surface area contributed by atoms with Crippen molar-refractivity contribution in [2.75, 3.05) is 25.5 Å². The van der Waals surface area contributed by atoms with E-state index in [1.807, 2.05) is 44.3 Å². The van der Waals surface area contributed by atoms with Crippen molar-refractivity contribution < 1.29 is 18.7 Å². The number of ether oxygens (including phenoxy) is 2. The third-order valence-electron chi connectivity index (χ3n) is 3.74. The Morgan fingerprint density at radius 2 is 1.93 bits per heavy atom. The van der Waals surface area contributed by atoms with Crippen molar-refractivity contribution in [2.24, 2.45) is 7.05 Å². The van der Waals surface area contributed by atoms with Crippen LogP contribution in [-0.4, -0.2) is 46.2 Å². The summed E-state index contributed by atoms with van der Waals surface area (Å²) in [4.78, 5) is 12.0. The average Bonchev–Trinajstić information content (AvgIpc) is 3.35. The average molecular weight is 402 g/mol. The molecule has 0 aliphatic carbocycles. The molecule has 1 amide bonds. The van der Waals surface area contributed by atoms with Crippen molar-refractivity contribution in [1.82, 2.24) is 20.1 Å². The molecule has 148 valence electrons. The molecule has 0 fully saturated rings. The molecule has 2 aromatic heterocycles. The predicted molar refractivity (Wildman–Crippen MR) is 106 cm³/mol. The zero-order valence-electron chi connectivity index (χ0n) is 15.8. The van der Waals surface area contributed by atoms with Crippen LogP contribution in [0.1, 0.15) is 6.92 Å². The number of furan rings is 1. The predicted octanol–water partition coefficient (Wildman–Crippen LogP) is 2.76. The Hall–Kier alpha value is -2.94. The minimum Gasteiger partial charge on any atom is -0.494 e. The molecule has 2 heterocycles. The third kappa shape index (κ3) is 5.29. The lowest BCUT2D eigenvalue weighted by molar-refractivity contribution is -0.118. The fourth-order valence-electron chi connectivity index (χ4n) is 2.40. The fourth-order valence-corrected chi connectivity index (χ4v) is 3.14. The number of hydrogen-bond acceptors (Lipinski definition) is 7. The number of thioether (sulfide) groups is 1. The second-order valence-electron chi connectivity index (χ2n) is 5.73. The third-order valence-corrected chi connectivity index (χ3v) is 4.76. The van der Waals surface area contributed by atoms with E-state index in [4.69, 9.17) is 13.9 Å². The molecule has 8 nitrogen and oxygen atoms in total. The lowest BCUT2D eigenvalue weighted by Crippen LogP contribution is -2.29. The largest absolute Gasteiger partial charge is 0.494 e. The number of amides is 1. The lowest BCUT2D eigenvalue weighted by atomic mass is 10.3. The van der Waals surface area contributed by atoms with E-state index >= 15 is 0 Å². The summed E-state index contributed by atoms with van der Waals surface area (Å²) in [5.74, 6) is 2.95. The van der Waals surface area contributed by atoms with Gasteiger partial charge < -0.3 is 23.8 Å². The monoisotopic (exact) mass is 402 g/mol. The van der Waals surface area contributed by atoms with E-state index in [0.29, 0.717) is 36.5 Å². The normalized spacial score (nSPS) is 10.6. The number of carbonyl (C=O) groups excluding carboxylic acids is 1. The van der Waals surface area contributed by atoms with Crippen LogP contribution in [-0.2, 0) is 11.8 Å². The van der Waals surface area contributed by atoms with E-state index in [9.17, 15) is 4.79 Å². The summed E-state index contributed by atoms with van der Waals surface area (Å²) in [6, 6.07) is 11.0. The summed E-state index contributed by atoms with van der Waals surface area (Å²) in [6.07, 6.45) is 1.58. The molecular formula is C19H22N4O4S. The van der Waals surface area contributed by atoms with E-state index in [-0.39, 0.29) is 11.7 Å². The molecule has 0 radical (unpaired) electrons. The number of nitrogens with zero attached hydrogens (tertiary/aromatic N) is 3. The Kier molecular flexibility index (Phi) is 6.96. The molecule has 0 spiro atoms. The van der Waals surface area contributed by atoms with Gasteiger partial charge in [-0.2, -0.15) is 0 Å². The minimum atomic E-state index is -0.0946. The Morgan fingerprint density at radius 3 is 2.61 bits per heavy atom. The van der Waals surface area contributed by atoms with Gasteiger partial charge in [-0.1, -0.05) is 11.8 Å². The molecule has 0 aliphatic heterocycles. The van der Waals surface area contributed by atoms with Crippen LogP contribution in [0.5, 0.6) is 11.5 Å². The van der Waals surface area contributed by atoms with Gasteiger partial charge in [0.05, 0.1) is 25.2 Å². The van der Waals surface area contributed by atoms with Gasteiger partial charge in [0.1, 0.15) is 18.1 Å². The van der Waals surface area contributed by atoms with Crippen molar-refractivity contribution in [3.63, 3.8) is 0 Å². The van der Waals surface area contributed by atoms with Gasteiger partial charge in [-0.25, -0.2) is 0 Å². The number of aromatic nitrogens is 3. The first kappa shape index (κ1) is 19.8. The van der Waals surface area contributed by atoms with E-state index in [1.165, 1.54) is 11.8 Å². The maximum atomic E-state index is 12.0. The van der Waals surface area contributed by atoms with Crippen LogP contribution in [0.4, 0.5) is 0 Å². The van der Waals surface area contributed by atoms with Gasteiger partial charge in [0.25, 0.3) is 0 Å². The lowest BCUT2D eigenvalue weighted by Gasteiger charge is -2.09. The van der Waals surface area contributed by atoms with Crippen LogP contribution in [0.2, 0.25) is 0 Å². The maximum Gasteiger partial charge on any atom is 0.230 e. The van der Waals surface area contributed by atoms with Crippen LogP contribution in [0.15, 0.2) is 52.2 Å². The molecule has 1 N–H and O–H groups in total. The molecule has 3 aromatic rings.